The highest BCUT2D eigenvalue weighted by atomic mass is 19.3. The third-order valence-corrected chi connectivity index (χ3v) is 6.08. The number of ether oxygens (including phenoxy) is 2. The van der Waals surface area contributed by atoms with Crippen LogP contribution >= 0.6 is 0 Å². The summed E-state index contributed by atoms with van der Waals surface area (Å²) >= 11 is 0. The number of hydrogen-bond donors (Lipinski definition) is 2. The van der Waals surface area contributed by atoms with E-state index in [2.05, 4.69) is 30.1 Å². The number of nitriles is 1. The van der Waals surface area contributed by atoms with Gasteiger partial charge in [-0.25, -0.2) is 9.38 Å². The lowest BCUT2D eigenvalue weighted by Crippen LogP contribution is -2.33. The number of pyridine rings is 1. The van der Waals surface area contributed by atoms with Gasteiger partial charge in [-0.2, -0.15) is 22.8 Å². The topological polar surface area (TPSA) is 91.6 Å². The molecule has 0 aliphatic heterocycles. The molecular formula is C30H24F5N5O2. The maximum absolute atomic E-state index is 13.2. The van der Waals surface area contributed by atoms with E-state index in [-0.39, 0.29) is 18.3 Å². The Morgan fingerprint density at radius 2 is 1.45 bits per heavy atom. The minimum Gasteiger partial charge on any atom is -0.431 e. The minimum atomic E-state index is -3.25. The summed E-state index contributed by atoms with van der Waals surface area (Å²) in [5, 5.41) is 14.6. The standard InChI is InChI=1S/C30H24F5N5O2/c31-23-6-1-20(2-7-23)17-38-30(39-18-36)40-24-8-3-21(4-9-24)25(15-19-11-13-37-14-12-19)22-5-10-26(41-28(32)33)27(16-22)42-29(34)35/h1-14,16,25,28-29H,15,17H2,(H2,38,39,40). The third kappa shape index (κ3) is 8.66. The summed E-state index contributed by atoms with van der Waals surface area (Å²) in [6.45, 7) is -6.18. The van der Waals surface area contributed by atoms with E-state index in [4.69, 9.17) is 5.26 Å². The quantitative estimate of drug-likeness (QED) is 0.0678. The van der Waals surface area contributed by atoms with Gasteiger partial charge in [0.2, 0.25) is 5.96 Å². The second-order valence-electron chi connectivity index (χ2n) is 8.84. The van der Waals surface area contributed by atoms with E-state index in [0.29, 0.717) is 17.7 Å². The van der Waals surface area contributed by atoms with Crippen molar-refractivity contribution in [1.82, 2.24) is 15.6 Å². The molecule has 7 nitrogen and oxygen atoms in total. The molecule has 0 radical (unpaired) electrons. The number of hydrogen-bond acceptors (Lipinski definition) is 5. The summed E-state index contributed by atoms with van der Waals surface area (Å²) in [4.78, 5) is 8.44. The zero-order chi connectivity index (χ0) is 29.9. The number of benzene rings is 3. The monoisotopic (exact) mass is 581 g/mol. The summed E-state index contributed by atoms with van der Waals surface area (Å²) in [5.41, 5.74) is 3.46. The first-order chi connectivity index (χ1) is 20.3. The van der Waals surface area contributed by atoms with Crippen LogP contribution in [0, 0.1) is 17.3 Å². The molecule has 2 N–H and O–H groups in total. The second-order valence-corrected chi connectivity index (χ2v) is 8.84. The van der Waals surface area contributed by atoms with Crippen LogP contribution in [0.2, 0.25) is 0 Å². The van der Waals surface area contributed by atoms with Crippen molar-refractivity contribution in [2.75, 3.05) is 0 Å². The Morgan fingerprint density at radius 1 is 0.810 bits per heavy atom. The predicted octanol–water partition coefficient (Wildman–Crippen LogP) is 6.65. The van der Waals surface area contributed by atoms with Crippen molar-refractivity contribution in [3.63, 3.8) is 0 Å². The van der Waals surface area contributed by atoms with E-state index < -0.39 is 30.6 Å². The summed E-state index contributed by atoms with van der Waals surface area (Å²) in [5.74, 6) is -1.61. The Hall–Kier alpha value is -5.18. The minimum absolute atomic E-state index is 0.173. The van der Waals surface area contributed by atoms with E-state index in [1.165, 1.54) is 30.3 Å². The van der Waals surface area contributed by atoms with Gasteiger partial charge in [-0.05, 0) is 77.2 Å². The van der Waals surface area contributed by atoms with E-state index in [1.807, 2.05) is 18.3 Å². The van der Waals surface area contributed by atoms with Crippen molar-refractivity contribution in [2.45, 2.75) is 32.1 Å². The number of alkyl halides is 4. The van der Waals surface area contributed by atoms with E-state index in [1.54, 1.807) is 48.8 Å². The van der Waals surface area contributed by atoms with Gasteiger partial charge in [0.25, 0.3) is 0 Å². The van der Waals surface area contributed by atoms with Crippen molar-refractivity contribution in [2.24, 2.45) is 4.99 Å². The van der Waals surface area contributed by atoms with Crippen LogP contribution in [0.3, 0.4) is 0 Å². The van der Waals surface area contributed by atoms with Gasteiger partial charge in [-0.1, -0.05) is 30.3 Å². The Bertz CT molecular complexity index is 1510. The van der Waals surface area contributed by atoms with Crippen LogP contribution < -0.4 is 20.1 Å². The van der Waals surface area contributed by atoms with Gasteiger partial charge in [0.05, 0.1) is 5.69 Å². The zero-order valence-corrected chi connectivity index (χ0v) is 21.9. The molecule has 0 amide bonds. The Balaban J connectivity index is 1.62. The van der Waals surface area contributed by atoms with Crippen molar-refractivity contribution in [1.29, 1.82) is 5.26 Å². The van der Waals surface area contributed by atoms with E-state index in [0.717, 1.165) is 16.7 Å². The molecule has 42 heavy (non-hydrogen) atoms. The van der Waals surface area contributed by atoms with Crippen LogP contribution in [-0.2, 0) is 13.0 Å². The predicted molar refractivity (Wildman–Crippen MR) is 145 cm³/mol. The zero-order valence-electron chi connectivity index (χ0n) is 21.9. The van der Waals surface area contributed by atoms with E-state index >= 15 is 0 Å². The first-order valence-electron chi connectivity index (χ1n) is 12.5. The van der Waals surface area contributed by atoms with Crippen molar-refractivity contribution < 1.29 is 31.4 Å². The normalized spacial score (nSPS) is 12.1. The molecule has 0 saturated carbocycles. The average molecular weight is 582 g/mol. The molecule has 0 spiro atoms. The molecule has 0 aliphatic carbocycles. The first kappa shape index (κ1) is 29.8. The highest BCUT2D eigenvalue weighted by Crippen LogP contribution is 2.37. The summed E-state index contributed by atoms with van der Waals surface area (Å²) in [6, 6.07) is 20.4. The van der Waals surface area contributed by atoms with Gasteiger partial charge in [-0.3, -0.25) is 10.3 Å². The van der Waals surface area contributed by atoms with Crippen LogP contribution in [0.5, 0.6) is 11.5 Å². The van der Waals surface area contributed by atoms with Crippen LogP contribution in [-0.4, -0.2) is 24.2 Å². The number of nitrogens with one attached hydrogen (secondary N) is 2. The number of aromatic nitrogens is 1. The van der Waals surface area contributed by atoms with Gasteiger partial charge >= 0.3 is 13.2 Å². The fraction of sp³-hybridized carbons (Fsp3) is 0.167. The van der Waals surface area contributed by atoms with Crippen LogP contribution in [0.15, 0.2) is 96.2 Å². The van der Waals surface area contributed by atoms with Gasteiger partial charge in [-0.15, -0.1) is 0 Å². The van der Waals surface area contributed by atoms with Crippen LogP contribution in [0.4, 0.5) is 27.6 Å². The van der Waals surface area contributed by atoms with Gasteiger partial charge in [0.15, 0.2) is 17.7 Å². The SMILES string of the molecule is N#CNC(=Nc1ccc(C(Cc2ccncc2)c2ccc(OC(F)F)c(OC(F)F)c2)cc1)NCc1ccc(F)cc1. The molecule has 0 aliphatic rings. The first-order valence-corrected chi connectivity index (χ1v) is 12.5. The maximum Gasteiger partial charge on any atom is 0.387 e. The summed E-state index contributed by atoms with van der Waals surface area (Å²) < 4.78 is 73.9. The lowest BCUT2D eigenvalue weighted by molar-refractivity contribution is -0.0692. The molecule has 0 bridgehead atoms. The fourth-order valence-corrected chi connectivity index (χ4v) is 4.17. The van der Waals surface area contributed by atoms with Gasteiger partial charge in [0, 0.05) is 24.9 Å². The molecule has 1 heterocycles. The summed E-state index contributed by atoms with van der Waals surface area (Å²) in [6.07, 6.45) is 5.49. The molecule has 0 saturated heterocycles. The van der Waals surface area contributed by atoms with Gasteiger partial charge in [0.1, 0.15) is 5.82 Å². The molecule has 1 atom stereocenters. The maximum atomic E-state index is 13.2. The van der Waals surface area contributed by atoms with Crippen LogP contribution in [0.25, 0.3) is 0 Å². The highest BCUT2D eigenvalue weighted by molar-refractivity contribution is 5.83. The lowest BCUT2D eigenvalue weighted by atomic mass is 9.86. The lowest BCUT2D eigenvalue weighted by Gasteiger charge is -2.21. The number of aliphatic imine (C=N–C) groups is 1. The molecular weight excluding hydrogens is 557 g/mol. The fourth-order valence-electron chi connectivity index (χ4n) is 4.17. The Morgan fingerprint density at radius 3 is 2.10 bits per heavy atom. The van der Waals surface area contributed by atoms with Crippen molar-refractivity contribution in [3.8, 4) is 17.7 Å². The Kier molecular flexibility index (Phi) is 10.3. The molecule has 1 aromatic heterocycles. The highest BCUT2D eigenvalue weighted by Gasteiger charge is 2.21. The average Bonchev–Trinajstić information content (AvgIpc) is 2.97. The molecule has 3 aromatic carbocycles. The number of halogens is 5. The van der Waals surface area contributed by atoms with E-state index in [9.17, 15) is 22.0 Å². The third-order valence-electron chi connectivity index (χ3n) is 6.08. The molecule has 216 valence electrons. The van der Waals surface area contributed by atoms with Crippen LogP contribution in [0.1, 0.15) is 28.2 Å². The summed E-state index contributed by atoms with van der Waals surface area (Å²) in [7, 11) is 0. The largest absolute Gasteiger partial charge is 0.431 e. The molecule has 12 heteroatoms. The van der Waals surface area contributed by atoms with Crippen molar-refractivity contribution >= 4 is 11.6 Å². The smallest absolute Gasteiger partial charge is 0.387 e. The molecule has 4 rings (SSSR count). The molecule has 0 fully saturated rings. The molecule has 1 unspecified atom stereocenters. The number of rotatable bonds is 11. The number of nitrogens with zero attached hydrogens (tertiary/aromatic N) is 3. The number of guanidine groups is 1. The second kappa shape index (κ2) is 14.5. The Labute approximate surface area is 238 Å². The van der Waals surface area contributed by atoms with Gasteiger partial charge < -0.3 is 14.8 Å². The molecule has 4 aromatic rings. The van der Waals surface area contributed by atoms with Crippen molar-refractivity contribution in [3.05, 3.63) is 119 Å².